The molecule has 1 amide bonds. The number of aryl methyl sites for hydroxylation is 1. The first kappa shape index (κ1) is 13.6. The summed E-state index contributed by atoms with van der Waals surface area (Å²) in [7, 11) is 1.67. The van der Waals surface area contributed by atoms with E-state index in [1.807, 2.05) is 0 Å². The third-order valence-electron chi connectivity index (χ3n) is 3.60. The average Bonchev–Trinajstić information content (AvgIpc) is 2.97. The Morgan fingerprint density at radius 1 is 1.47 bits per heavy atom. The van der Waals surface area contributed by atoms with Gasteiger partial charge in [-0.2, -0.15) is 0 Å². The molecule has 2 rings (SSSR count). The maximum absolute atomic E-state index is 12.3. The topological polar surface area (TPSA) is 83.6 Å². The summed E-state index contributed by atoms with van der Waals surface area (Å²) >= 11 is 0. The Morgan fingerprint density at radius 2 is 2.16 bits per heavy atom. The fourth-order valence-corrected chi connectivity index (χ4v) is 2.65. The molecule has 1 aromatic heterocycles. The molecule has 6 heteroatoms. The van der Waals surface area contributed by atoms with Crippen LogP contribution in [0.3, 0.4) is 0 Å². The van der Waals surface area contributed by atoms with Gasteiger partial charge in [-0.25, -0.2) is 0 Å². The summed E-state index contributed by atoms with van der Waals surface area (Å²) in [4.78, 5) is 24.9. The first-order valence-corrected chi connectivity index (χ1v) is 6.39. The molecule has 2 atom stereocenters. The van der Waals surface area contributed by atoms with Gasteiger partial charge in [0.25, 0.3) is 0 Å². The Hall–Kier alpha value is -1.85. The lowest BCUT2D eigenvalue weighted by molar-refractivity contribution is -0.148. The molecule has 1 N–H and O–H groups in total. The zero-order chi connectivity index (χ0) is 14.0. The van der Waals surface area contributed by atoms with Gasteiger partial charge in [-0.15, -0.1) is 0 Å². The summed E-state index contributed by atoms with van der Waals surface area (Å²) in [6.07, 6.45) is 2.03. The SMILES string of the molecule is Cc1cc(CN(C)C(=O)C2CCCC2C(=O)O)no1. The van der Waals surface area contributed by atoms with Gasteiger partial charge in [-0.3, -0.25) is 9.59 Å². The average molecular weight is 266 g/mol. The molecular formula is C13H18N2O4. The normalized spacial score (nSPS) is 22.4. The summed E-state index contributed by atoms with van der Waals surface area (Å²) < 4.78 is 4.95. The quantitative estimate of drug-likeness (QED) is 0.891. The van der Waals surface area contributed by atoms with Crippen LogP contribution in [0.5, 0.6) is 0 Å². The third kappa shape index (κ3) is 2.94. The van der Waals surface area contributed by atoms with Gasteiger partial charge >= 0.3 is 5.97 Å². The molecule has 1 saturated carbocycles. The largest absolute Gasteiger partial charge is 0.481 e. The molecule has 1 aliphatic rings. The predicted molar refractivity (Wildman–Crippen MR) is 66.2 cm³/mol. The van der Waals surface area contributed by atoms with Crippen LogP contribution in [0.25, 0.3) is 0 Å². The van der Waals surface area contributed by atoms with Crippen LogP contribution in [-0.2, 0) is 16.1 Å². The maximum atomic E-state index is 12.3. The number of hydrogen-bond donors (Lipinski definition) is 1. The number of rotatable bonds is 4. The van der Waals surface area contributed by atoms with Crippen LogP contribution in [-0.4, -0.2) is 34.1 Å². The maximum Gasteiger partial charge on any atom is 0.307 e. The third-order valence-corrected chi connectivity index (χ3v) is 3.60. The molecular weight excluding hydrogens is 248 g/mol. The summed E-state index contributed by atoms with van der Waals surface area (Å²) in [5, 5.41) is 12.9. The minimum absolute atomic E-state index is 0.120. The molecule has 6 nitrogen and oxygen atoms in total. The molecule has 0 saturated heterocycles. The van der Waals surface area contributed by atoms with Gasteiger partial charge in [0, 0.05) is 13.1 Å². The van der Waals surface area contributed by atoms with Crippen molar-refractivity contribution in [3.8, 4) is 0 Å². The van der Waals surface area contributed by atoms with Crippen molar-refractivity contribution in [3.05, 3.63) is 17.5 Å². The molecule has 19 heavy (non-hydrogen) atoms. The highest BCUT2D eigenvalue weighted by molar-refractivity contribution is 5.85. The Kier molecular flexibility index (Phi) is 3.87. The van der Waals surface area contributed by atoms with Gasteiger partial charge < -0.3 is 14.5 Å². The zero-order valence-corrected chi connectivity index (χ0v) is 11.1. The van der Waals surface area contributed by atoms with E-state index < -0.39 is 17.8 Å². The molecule has 0 bridgehead atoms. The fraction of sp³-hybridized carbons (Fsp3) is 0.615. The number of aromatic nitrogens is 1. The Morgan fingerprint density at radius 3 is 2.74 bits per heavy atom. The second-order valence-corrected chi connectivity index (χ2v) is 5.11. The number of aliphatic carboxylic acids is 1. The van der Waals surface area contributed by atoms with E-state index in [9.17, 15) is 9.59 Å². The van der Waals surface area contributed by atoms with Gasteiger partial charge in [-0.1, -0.05) is 11.6 Å². The van der Waals surface area contributed by atoms with Crippen LogP contribution < -0.4 is 0 Å². The van der Waals surface area contributed by atoms with E-state index in [0.29, 0.717) is 30.8 Å². The molecule has 1 fully saturated rings. The highest BCUT2D eigenvalue weighted by Gasteiger charge is 2.39. The van der Waals surface area contributed by atoms with Crippen LogP contribution >= 0.6 is 0 Å². The van der Waals surface area contributed by atoms with Crippen molar-refractivity contribution in [3.63, 3.8) is 0 Å². The van der Waals surface area contributed by atoms with Crippen LogP contribution in [0.4, 0.5) is 0 Å². The van der Waals surface area contributed by atoms with Gasteiger partial charge in [0.05, 0.1) is 18.4 Å². The summed E-state index contributed by atoms with van der Waals surface area (Å²) in [6, 6.07) is 1.77. The van der Waals surface area contributed by atoms with Gasteiger partial charge in [0.15, 0.2) is 0 Å². The van der Waals surface area contributed by atoms with Crippen LogP contribution in [0, 0.1) is 18.8 Å². The number of carbonyl (C=O) groups is 2. The highest BCUT2D eigenvalue weighted by atomic mass is 16.5. The number of amides is 1. The Balaban J connectivity index is 2.00. The monoisotopic (exact) mass is 266 g/mol. The molecule has 0 radical (unpaired) electrons. The van der Waals surface area contributed by atoms with Crippen LogP contribution in [0.15, 0.2) is 10.6 Å². The van der Waals surface area contributed by atoms with Crippen LogP contribution in [0.1, 0.15) is 30.7 Å². The lowest BCUT2D eigenvalue weighted by atomic mass is 9.95. The highest BCUT2D eigenvalue weighted by Crippen LogP contribution is 2.33. The van der Waals surface area contributed by atoms with Crippen LogP contribution in [0.2, 0.25) is 0 Å². The number of hydrogen-bond acceptors (Lipinski definition) is 4. The molecule has 1 aliphatic carbocycles. The van der Waals surface area contributed by atoms with Crippen molar-refractivity contribution in [1.29, 1.82) is 0 Å². The molecule has 2 unspecified atom stereocenters. The molecule has 0 aliphatic heterocycles. The molecule has 0 spiro atoms. The number of carboxylic acid groups (broad SMARTS) is 1. The van der Waals surface area contributed by atoms with Crippen molar-refractivity contribution in [2.75, 3.05) is 7.05 Å². The summed E-state index contributed by atoms with van der Waals surface area (Å²) in [5.41, 5.74) is 0.679. The van der Waals surface area contributed by atoms with Crippen molar-refractivity contribution in [2.45, 2.75) is 32.7 Å². The predicted octanol–water partition coefficient (Wildman–Crippen LogP) is 1.44. The van der Waals surface area contributed by atoms with E-state index in [4.69, 9.17) is 9.63 Å². The van der Waals surface area contributed by atoms with Crippen molar-refractivity contribution < 1.29 is 19.2 Å². The molecule has 0 aromatic carbocycles. The van der Waals surface area contributed by atoms with Gasteiger partial charge in [0.2, 0.25) is 5.91 Å². The summed E-state index contributed by atoms with van der Waals surface area (Å²) in [5.74, 6) is -1.25. The van der Waals surface area contributed by atoms with Gasteiger partial charge in [0.1, 0.15) is 11.5 Å². The van der Waals surface area contributed by atoms with E-state index in [1.54, 1.807) is 20.0 Å². The molecule has 1 aromatic rings. The number of nitrogens with zero attached hydrogens (tertiary/aromatic N) is 2. The summed E-state index contributed by atoms with van der Waals surface area (Å²) in [6.45, 7) is 2.13. The van der Waals surface area contributed by atoms with E-state index >= 15 is 0 Å². The first-order chi connectivity index (χ1) is 8.99. The van der Waals surface area contributed by atoms with Crippen molar-refractivity contribution >= 4 is 11.9 Å². The second kappa shape index (κ2) is 5.42. The number of carboxylic acids is 1. The fourth-order valence-electron chi connectivity index (χ4n) is 2.65. The van der Waals surface area contributed by atoms with Gasteiger partial charge in [-0.05, 0) is 19.8 Å². The lowest BCUT2D eigenvalue weighted by Gasteiger charge is -2.22. The smallest absolute Gasteiger partial charge is 0.307 e. The van der Waals surface area contributed by atoms with E-state index in [2.05, 4.69) is 5.16 Å². The molecule has 104 valence electrons. The Labute approximate surface area is 111 Å². The standard InChI is InChI=1S/C13H18N2O4/c1-8-6-9(14-19-8)7-15(2)12(16)10-4-3-5-11(10)13(17)18/h6,10-11H,3-5,7H2,1-2H3,(H,17,18). The lowest BCUT2D eigenvalue weighted by Crippen LogP contribution is -2.36. The van der Waals surface area contributed by atoms with E-state index in [0.717, 1.165) is 6.42 Å². The minimum Gasteiger partial charge on any atom is -0.481 e. The number of carbonyl (C=O) groups excluding carboxylic acids is 1. The van der Waals surface area contributed by atoms with E-state index in [-0.39, 0.29) is 5.91 Å². The van der Waals surface area contributed by atoms with Crippen molar-refractivity contribution in [1.82, 2.24) is 10.1 Å². The second-order valence-electron chi connectivity index (χ2n) is 5.11. The minimum atomic E-state index is -0.874. The Bertz CT molecular complexity index is 483. The zero-order valence-electron chi connectivity index (χ0n) is 11.1. The first-order valence-electron chi connectivity index (χ1n) is 6.39. The molecule has 1 heterocycles. The van der Waals surface area contributed by atoms with E-state index in [1.165, 1.54) is 4.90 Å². The van der Waals surface area contributed by atoms with Crippen molar-refractivity contribution in [2.24, 2.45) is 11.8 Å².